The number of rotatable bonds is 5. The number of carbonyl (C=O) groups excluding carboxylic acids is 1. The van der Waals surface area contributed by atoms with Crippen molar-refractivity contribution >= 4 is 11.9 Å². The second-order valence-corrected chi connectivity index (χ2v) is 6.70. The molecule has 4 atom stereocenters. The van der Waals surface area contributed by atoms with Gasteiger partial charge in [0.2, 0.25) is 5.91 Å². The number of carboxylic acid groups (broad SMARTS) is 1. The molecule has 2 aliphatic carbocycles. The fraction of sp³-hybridized carbons (Fsp3) is 0.857. The smallest absolute Gasteiger partial charge is 0.303 e. The molecule has 2 aliphatic rings. The second-order valence-electron chi connectivity index (χ2n) is 6.70. The third-order valence-electron chi connectivity index (χ3n) is 4.71. The molecule has 2 saturated carbocycles. The Labute approximate surface area is 113 Å². The van der Waals surface area contributed by atoms with E-state index in [9.17, 15) is 9.59 Å². The maximum absolute atomic E-state index is 12.4. The number of carboxylic acids is 1. The Morgan fingerprint density at radius 2 is 1.95 bits per heavy atom. The van der Waals surface area contributed by atoms with Gasteiger partial charge in [0.25, 0.3) is 0 Å². The zero-order chi connectivity index (χ0) is 14.2. The summed E-state index contributed by atoms with van der Waals surface area (Å²) in [5.41, 5.74) is 5.66. The molecule has 5 heteroatoms. The van der Waals surface area contributed by atoms with Gasteiger partial charge in [0, 0.05) is 18.0 Å². The molecule has 0 aromatic carbocycles. The molecule has 0 heterocycles. The zero-order valence-corrected chi connectivity index (χ0v) is 11.7. The molecule has 0 radical (unpaired) electrons. The summed E-state index contributed by atoms with van der Waals surface area (Å²) in [5, 5.41) is 11.7. The molecule has 0 aromatic heterocycles. The van der Waals surface area contributed by atoms with Crippen molar-refractivity contribution in [1.29, 1.82) is 0 Å². The van der Waals surface area contributed by atoms with Crippen LogP contribution in [0.2, 0.25) is 0 Å². The lowest BCUT2D eigenvalue weighted by Crippen LogP contribution is -2.51. The van der Waals surface area contributed by atoms with E-state index in [4.69, 9.17) is 10.8 Å². The van der Waals surface area contributed by atoms with Crippen molar-refractivity contribution < 1.29 is 14.7 Å². The van der Waals surface area contributed by atoms with Gasteiger partial charge in [0.05, 0.1) is 5.92 Å². The molecule has 4 unspecified atom stereocenters. The summed E-state index contributed by atoms with van der Waals surface area (Å²) in [6.07, 6.45) is 3.83. The van der Waals surface area contributed by atoms with Crippen LogP contribution >= 0.6 is 0 Å². The number of nitrogens with one attached hydrogen (secondary N) is 1. The Bertz CT molecular complexity index is 379. The highest BCUT2D eigenvalue weighted by molar-refractivity contribution is 5.81. The van der Waals surface area contributed by atoms with Gasteiger partial charge in [-0.05, 0) is 51.4 Å². The summed E-state index contributed by atoms with van der Waals surface area (Å²) in [4.78, 5) is 23.0. The Morgan fingerprint density at radius 1 is 1.32 bits per heavy atom. The van der Waals surface area contributed by atoms with Crippen molar-refractivity contribution in [3.8, 4) is 0 Å². The summed E-state index contributed by atoms with van der Waals surface area (Å²) < 4.78 is 0. The van der Waals surface area contributed by atoms with E-state index in [1.165, 1.54) is 0 Å². The van der Waals surface area contributed by atoms with Crippen molar-refractivity contribution in [2.24, 2.45) is 23.5 Å². The first-order valence-corrected chi connectivity index (χ1v) is 7.09. The Balaban J connectivity index is 1.92. The van der Waals surface area contributed by atoms with E-state index in [1.54, 1.807) is 0 Å². The van der Waals surface area contributed by atoms with Crippen LogP contribution in [0.3, 0.4) is 0 Å². The molecule has 5 nitrogen and oxygen atoms in total. The van der Waals surface area contributed by atoms with E-state index >= 15 is 0 Å². The SMILES string of the molecule is CC(C)(CCC(=O)O)NC(=O)C1C2CCC(C2)C1N. The molecule has 2 rings (SSSR count). The lowest BCUT2D eigenvalue weighted by molar-refractivity contribution is -0.138. The van der Waals surface area contributed by atoms with Gasteiger partial charge >= 0.3 is 5.97 Å². The fourth-order valence-electron chi connectivity index (χ4n) is 3.62. The van der Waals surface area contributed by atoms with Gasteiger partial charge in [0.1, 0.15) is 0 Å². The van der Waals surface area contributed by atoms with Gasteiger partial charge in [0.15, 0.2) is 0 Å². The van der Waals surface area contributed by atoms with Crippen LogP contribution < -0.4 is 11.1 Å². The van der Waals surface area contributed by atoms with Crippen LogP contribution in [0.1, 0.15) is 46.0 Å². The minimum Gasteiger partial charge on any atom is -0.481 e. The second kappa shape index (κ2) is 5.12. The first-order chi connectivity index (χ1) is 8.80. The number of amides is 1. The van der Waals surface area contributed by atoms with Gasteiger partial charge in [-0.2, -0.15) is 0 Å². The minimum absolute atomic E-state index is 0.00934. The highest BCUT2D eigenvalue weighted by Gasteiger charge is 2.49. The van der Waals surface area contributed by atoms with Crippen LogP contribution in [0.4, 0.5) is 0 Å². The molecule has 4 N–H and O–H groups in total. The molecule has 19 heavy (non-hydrogen) atoms. The molecular weight excluding hydrogens is 244 g/mol. The van der Waals surface area contributed by atoms with Crippen LogP contribution in [0.5, 0.6) is 0 Å². The number of fused-ring (bicyclic) bond motifs is 2. The van der Waals surface area contributed by atoms with Crippen molar-refractivity contribution in [3.05, 3.63) is 0 Å². The maximum atomic E-state index is 12.4. The van der Waals surface area contributed by atoms with Crippen LogP contribution in [-0.4, -0.2) is 28.6 Å². The number of aliphatic carboxylic acids is 1. The third kappa shape index (κ3) is 3.08. The molecule has 1 amide bonds. The third-order valence-corrected chi connectivity index (χ3v) is 4.71. The Morgan fingerprint density at radius 3 is 2.47 bits per heavy atom. The molecular formula is C14H24N2O3. The maximum Gasteiger partial charge on any atom is 0.303 e. The van der Waals surface area contributed by atoms with Crippen LogP contribution in [0, 0.1) is 17.8 Å². The fourth-order valence-corrected chi connectivity index (χ4v) is 3.62. The first-order valence-electron chi connectivity index (χ1n) is 7.09. The number of nitrogens with two attached hydrogens (primary N) is 1. The van der Waals surface area contributed by atoms with Crippen molar-refractivity contribution in [2.45, 2.75) is 57.5 Å². The van der Waals surface area contributed by atoms with E-state index in [1.807, 2.05) is 13.8 Å². The lowest BCUT2D eigenvalue weighted by Gasteiger charge is -2.32. The molecule has 0 aromatic rings. The first kappa shape index (κ1) is 14.3. The summed E-state index contributed by atoms with van der Waals surface area (Å²) >= 11 is 0. The summed E-state index contributed by atoms with van der Waals surface area (Å²) in [6, 6.07) is -0.0194. The summed E-state index contributed by atoms with van der Waals surface area (Å²) in [5.74, 6) is 0.0232. The monoisotopic (exact) mass is 268 g/mol. The van der Waals surface area contributed by atoms with Crippen LogP contribution in [-0.2, 0) is 9.59 Å². The van der Waals surface area contributed by atoms with Gasteiger partial charge in [-0.1, -0.05) is 0 Å². The number of hydrogen-bond donors (Lipinski definition) is 3. The van der Waals surface area contributed by atoms with Crippen molar-refractivity contribution in [1.82, 2.24) is 5.32 Å². The topological polar surface area (TPSA) is 92.4 Å². The quantitative estimate of drug-likeness (QED) is 0.696. The van der Waals surface area contributed by atoms with Crippen LogP contribution in [0.15, 0.2) is 0 Å². The zero-order valence-electron chi connectivity index (χ0n) is 11.7. The number of hydrogen-bond acceptors (Lipinski definition) is 3. The summed E-state index contributed by atoms with van der Waals surface area (Å²) in [7, 11) is 0. The molecule has 0 spiro atoms. The van der Waals surface area contributed by atoms with Gasteiger partial charge in [-0.25, -0.2) is 0 Å². The molecule has 2 bridgehead atoms. The molecule has 0 aliphatic heterocycles. The van der Waals surface area contributed by atoms with Gasteiger partial charge < -0.3 is 16.2 Å². The van der Waals surface area contributed by atoms with Gasteiger partial charge in [-0.3, -0.25) is 9.59 Å². The number of carbonyl (C=O) groups is 2. The predicted molar refractivity (Wildman–Crippen MR) is 71.4 cm³/mol. The molecule has 108 valence electrons. The Hall–Kier alpha value is -1.10. The average molecular weight is 268 g/mol. The van der Waals surface area contributed by atoms with E-state index in [0.717, 1.165) is 19.3 Å². The average Bonchev–Trinajstić information content (AvgIpc) is 2.86. The minimum atomic E-state index is -0.834. The highest BCUT2D eigenvalue weighted by Crippen LogP contribution is 2.47. The van der Waals surface area contributed by atoms with Crippen molar-refractivity contribution in [3.63, 3.8) is 0 Å². The predicted octanol–water partition coefficient (Wildman–Crippen LogP) is 1.12. The standard InChI is InChI=1S/C14H24N2O3/c1-14(2,6-5-10(17)18)16-13(19)11-8-3-4-9(7-8)12(11)15/h8-9,11-12H,3-7,15H2,1-2H3,(H,16,19)(H,17,18). The molecule has 0 saturated heterocycles. The lowest BCUT2D eigenvalue weighted by atomic mass is 9.83. The van der Waals surface area contributed by atoms with E-state index in [-0.39, 0.29) is 24.3 Å². The van der Waals surface area contributed by atoms with E-state index < -0.39 is 11.5 Å². The van der Waals surface area contributed by atoms with E-state index in [0.29, 0.717) is 18.3 Å². The largest absolute Gasteiger partial charge is 0.481 e. The van der Waals surface area contributed by atoms with Gasteiger partial charge in [-0.15, -0.1) is 0 Å². The summed E-state index contributed by atoms with van der Waals surface area (Å²) in [6.45, 7) is 3.74. The normalized spacial score (nSPS) is 33.4. The molecule has 2 fully saturated rings. The van der Waals surface area contributed by atoms with Crippen LogP contribution in [0.25, 0.3) is 0 Å². The highest BCUT2D eigenvalue weighted by atomic mass is 16.4. The van der Waals surface area contributed by atoms with E-state index in [2.05, 4.69) is 5.32 Å². The Kier molecular flexibility index (Phi) is 3.85. The van der Waals surface area contributed by atoms with Crippen molar-refractivity contribution in [2.75, 3.05) is 0 Å².